The van der Waals surface area contributed by atoms with E-state index in [1.807, 2.05) is 0 Å². The predicted octanol–water partition coefficient (Wildman–Crippen LogP) is 1.97. The van der Waals surface area contributed by atoms with Gasteiger partial charge in [-0.25, -0.2) is 9.59 Å². The van der Waals surface area contributed by atoms with Crippen molar-refractivity contribution < 1.29 is 14.7 Å². The highest BCUT2D eigenvalue weighted by atomic mass is 16.4. The Morgan fingerprint density at radius 1 is 1.39 bits per heavy atom. The first kappa shape index (κ1) is 14.8. The normalized spacial score (nSPS) is 24.2. The van der Waals surface area contributed by atoms with E-state index < -0.39 is 17.4 Å². The summed E-state index contributed by atoms with van der Waals surface area (Å²) in [6.07, 6.45) is 3.24. The van der Waals surface area contributed by atoms with Crippen LogP contribution in [0, 0.1) is 11.3 Å². The van der Waals surface area contributed by atoms with Gasteiger partial charge in [-0.3, -0.25) is 0 Å². The van der Waals surface area contributed by atoms with Gasteiger partial charge in [-0.15, -0.1) is 0 Å². The third-order valence-electron chi connectivity index (χ3n) is 3.29. The summed E-state index contributed by atoms with van der Waals surface area (Å²) in [5, 5.41) is 14.5. The van der Waals surface area contributed by atoms with Gasteiger partial charge in [0.15, 0.2) is 0 Å². The van der Waals surface area contributed by atoms with E-state index in [4.69, 9.17) is 5.11 Å². The lowest BCUT2D eigenvalue weighted by Gasteiger charge is -2.27. The number of carboxylic acids is 1. The standard InChI is InChI=1S/C13H24N2O3/c1-5-6-8-7-9(8)14-12(18)15-10(11(16)17)13(2,3)4/h8-10H,5-7H2,1-4H3,(H,16,17)(H2,14,15,18). The summed E-state index contributed by atoms with van der Waals surface area (Å²) in [6, 6.07) is -1.03. The molecule has 0 aliphatic heterocycles. The number of nitrogens with one attached hydrogen (secondary N) is 2. The molecule has 3 unspecified atom stereocenters. The first-order chi connectivity index (χ1) is 8.25. The summed E-state index contributed by atoms with van der Waals surface area (Å²) in [6.45, 7) is 7.50. The highest BCUT2D eigenvalue weighted by Crippen LogP contribution is 2.34. The second-order valence-corrected chi connectivity index (χ2v) is 6.15. The molecule has 5 heteroatoms. The highest BCUT2D eigenvalue weighted by Gasteiger charge is 2.39. The van der Waals surface area contributed by atoms with Crippen molar-refractivity contribution in [2.45, 2.75) is 59.0 Å². The number of aliphatic carboxylic acids is 1. The molecule has 1 rings (SSSR count). The van der Waals surface area contributed by atoms with Gasteiger partial charge >= 0.3 is 12.0 Å². The number of amides is 2. The van der Waals surface area contributed by atoms with Gasteiger partial charge in [0.1, 0.15) is 6.04 Å². The first-order valence-electron chi connectivity index (χ1n) is 6.55. The van der Waals surface area contributed by atoms with Gasteiger partial charge in [0.2, 0.25) is 0 Å². The van der Waals surface area contributed by atoms with Crippen LogP contribution in [0.2, 0.25) is 0 Å². The molecule has 1 saturated carbocycles. The molecule has 0 aromatic heterocycles. The van der Waals surface area contributed by atoms with Gasteiger partial charge in [0.05, 0.1) is 0 Å². The Hall–Kier alpha value is -1.26. The molecule has 0 radical (unpaired) electrons. The van der Waals surface area contributed by atoms with Crippen molar-refractivity contribution in [2.75, 3.05) is 0 Å². The van der Waals surface area contributed by atoms with Crippen molar-refractivity contribution in [1.82, 2.24) is 10.6 Å². The lowest BCUT2D eigenvalue weighted by Crippen LogP contribution is -2.52. The lowest BCUT2D eigenvalue weighted by atomic mass is 9.87. The van der Waals surface area contributed by atoms with E-state index in [1.165, 1.54) is 0 Å². The van der Waals surface area contributed by atoms with Crippen molar-refractivity contribution in [3.05, 3.63) is 0 Å². The van der Waals surface area contributed by atoms with Gasteiger partial charge in [0.25, 0.3) is 0 Å². The van der Waals surface area contributed by atoms with Gasteiger partial charge in [-0.1, -0.05) is 34.1 Å². The number of rotatable bonds is 5. The molecule has 5 nitrogen and oxygen atoms in total. The number of urea groups is 1. The summed E-state index contributed by atoms with van der Waals surface area (Å²) in [5.74, 6) is -0.433. The molecule has 1 fully saturated rings. The molecule has 104 valence electrons. The monoisotopic (exact) mass is 256 g/mol. The zero-order valence-electron chi connectivity index (χ0n) is 11.6. The van der Waals surface area contributed by atoms with Gasteiger partial charge in [-0.05, 0) is 24.2 Å². The van der Waals surface area contributed by atoms with Gasteiger partial charge < -0.3 is 15.7 Å². The number of carbonyl (C=O) groups excluding carboxylic acids is 1. The molecule has 2 amide bonds. The number of hydrogen-bond donors (Lipinski definition) is 3. The minimum atomic E-state index is -1.00. The largest absolute Gasteiger partial charge is 0.480 e. The summed E-state index contributed by atoms with van der Waals surface area (Å²) in [5.41, 5.74) is -0.504. The molecule has 1 aliphatic carbocycles. The zero-order chi connectivity index (χ0) is 13.9. The first-order valence-corrected chi connectivity index (χ1v) is 6.55. The number of carboxylic acid groups (broad SMARTS) is 1. The van der Waals surface area contributed by atoms with Crippen molar-refractivity contribution in [3.8, 4) is 0 Å². The Balaban J connectivity index is 2.41. The molecule has 0 saturated heterocycles. The Bertz CT molecular complexity index is 323. The maximum absolute atomic E-state index is 11.7. The van der Waals surface area contributed by atoms with Crippen LogP contribution in [0.1, 0.15) is 47.0 Å². The van der Waals surface area contributed by atoms with E-state index in [1.54, 1.807) is 20.8 Å². The Kier molecular flexibility index (Phi) is 4.59. The van der Waals surface area contributed by atoms with Crippen molar-refractivity contribution >= 4 is 12.0 Å². The van der Waals surface area contributed by atoms with Crippen LogP contribution < -0.4 is 10.6 Å². The van der Waals surface area contributed by atoms with Gasteiger partial charge in [-0.2, -0.15) is 0 Å². The average molecular weight is 256 g/mol. The molecule has 3 atom stereocenters. The van der Waals surface area contributed by atoms with E-state index >= 15 is 0 Å². The molecule has 18 heavy (non-hydrogen) atoms. The summed E-state index contributed by atoms with van der Waals surface area (Å²) in [7, 11) is 0. The molecule has 0 aromatic carbocycles. The van der Waals surface area contributed by atoms with E-state index in [-0.39, 0.29) is 12.1 Å². The topological polar surface area (TPSA) is 78.4 Å². The second-order valence-electron chi connectivity index (χ2n) is 6.15. The lowest BCUT2D eigenvalue weighted by molar-refractivity contribution is -0.141. The Morgan fingerprint density at radius 3 is 2.44 bits per heavy atom. The van der Waals surface area contributed by atoms with E-state index in [9.17, 15) is 9.59 Å². The molecule has 3 N–H and O–H groups in total. The quantitative estimate of drug-likeness (QED) is 0.703. The van der Waals surface area contributed by atoms with Crippen LogP contribution in [0.15, 0.2) is 0 Å². The summed E-state index contributed by atoms with van der Waals surface area (Å²) in [4.78, 5) is 22.8. The average Bonchev–Trinajstić information content (AvgIpc) is 2.91. The molecule has 1 aliphatic rings. The molecule has 0 spiro atoms. The van der Waals surface area contributed by atoms with E-state index in [0.29, 0.717) is 5.92 Å². The minimum absolute atomic E-state index is 0.222. The highest BCUT2D eigenvalue weighted by molar-refractivity contribution is 5.83. The Labute approximate surface area is 108 Å². The summed E-state index contributed by atoms with van der Waals surface area (Å²) >= 11 is 0. The second kappa shape index (κ2) is 5.59. The van der Waals surface area contributed by atoms with Crippen LogP contribution in [0.5, 0.6) is 0 Å². The maximum atomic E-state index is 11.7. The smallest absolute Gasteiger partial charge is 0.326 e. The minimum Gasteiger partial charge on any atom is -0.480 e. The van der Waals surface area contributed by atoms with Crippen molar-refractivity contribution in [2.24, 2.45) is 11.3 Å². The maximum Gasteiger partial charge on any atom is 0.326 e. The predicted molar refractivity (Wildman–Crippen MR) is 69.3 cm³/mol. The third-order valence-corrected chi connectivity index (χ3v) is 3.29. The van der Waals surface area contributed by atoms with Gasteiger partial charge in [0, 0.05) is 6.04 Å². The molecular formula is C13H24N2O3. The molecule has 0 heterocycles. The zero-order valence-corrected chi connectivity index (χ0v) is 11.6. The fourth-order valence-corrected chi connectivity index (χ4v) is 2.10. The Morgan fingerprint density at radius 2 is 2.00 bits per heavy atom. The van der Waals surface area contributed by atoms with Crippen LogP contribution in [0.3, 0.4) is 0 Å². The van der Waals surface area contributed by atoms with Crippen LogP contribution in [0.4, 0.5) is 4.79 Å². The molecule has 0 bridgehead atoms. The van der Waals surface area contributed by atoms with Crippen LogP contribution in [-0.2, 0) is 4.79 Å². The molecule has 0 aromatic rings. The van der Waals surface area contributed by atoms with E-state index in [2.05, 4.69) is 17.6 Å². The van der Waals surface area contributed by atoms with E-state index in [0.717, 1.165) is 19.3 Å². The van der Waals surface area contributed by atoms with Crippen LogP contribution >= 0.6 is 0 Å². The van der Waals surface area contributed by atoms with Crippen LogP contribution in [0.25, 0.3) is 0 Å². The summed E-state index contributed by atoms with van der Waals surface area (Å²) < 4.78 is 0. The van der Waals surface area contributed by atoms with Crippen molar-refractivity contribution in [3.63, 3.8) is 0 Å². The third kappa shape index (κ3) is 4.20. The van der Waals surface area contributed by atoms with Crippen LogP contribution in [-0.4, -0.2) is 29.2 Å². The fraction of sp³-hybridized carbons (Fsp3) is 0.846. The SMILES string of the molecule is CCCC1CC1NC(=O)NC(C(=O)O)C(C)(C)C. The number of carbonyl (C=O) groups is 2. The number of hydrogen-bond acceptors (Lipinski definition) is 2. The van der Waals surface area contributed by atoms with Crippen molar-refractivity contribution in [1.29, 1.82) is 0 Å². The fourth-order valence-electron chi connectivity index (χ4n) is 2.10. The molecular weight excluding hydrogens is 232 g/mol.